The Bertz CT molecular complexity index is 450. The molecule has 0 fully saturated rings. The van der Waals surface area contributed by atoms with E-state index in [0.29, 0.717) is 0 Å². The van der Waals surface area contributed by atoms with E-state index in [4.69, 9.17) is 4.52 Å². The molecule has 86 valence electrons. The average molecular weight is 237 g/mol. The van der Waals surface area contributed by atoms with Gasteiger partial charge in [-0.25, -0.2) is 4.98 Å². The van der Waals surface area contributed by atoms with Crippen LogP contribution in [-0.4, -0.2) is 15.1 Å². The van der Waals surface area contributed by atoms with Gasteiger partial charge in [-0.15, -0.1) is 11.3 Å². The summed E-state index contributed by atoms with van der Waals surface area (Å²) in [6.07, 6.45) is 3.68. The van der Waals surface area contributed by atoms with Crippen molar-refractivity contribution in [2.45, 2.75) is 39.5 Å². The van der Waals surface area contributed by atoms with Gasteiger partial charge in [0.2, 0.25) is 5.89 Å². The van der Waals surface area contributed by atoms with Crippen molar-refractivity contribution in [3.63, 3.8) is 0 Å². The number of nitrogens with zero attached hydrogens (tertiary/aromatic N) is 3. The molecular formula is C11H15N3OS. The summed E-state index contributed by atoms with van der Waals surface area (Å²) in [4.78, 5) is 9.85. The Morgan fingerprint density at radius 2 is 2.19 bits per heavy atom. The number of hydrogen-bond acceptors (Lipinski definition) is 5. The van der Waals surface area contributed by atoms with E-state index in [0.717, 1.165) is 43.1 Å². The number of aromatic nitrogens is 3. The molecule has 0 aromatic carbocycles. The molecule has 2 aromatic heterocycles. The first-order chi connectivity index (χ1) is 7.79. The van der Waals surface area contributed by atoms with E-state index >= 15 is 0 Å². The molecule has 0 spiro atoms. The van der Waals surface area contributed by atoms with Crippen LogP contribution in [0, 0.1) is 6.92 Å². The summed E-state index contributed by atoms with van der Waals surface area (Å²) >= 11 is 1.68. The van der Waals surface area contributed by atoms with Crippen LogP contribution in [0.2, 0.25) is 0 Å². The Kier molecular flexibility index (Phi) is 3.66. The van der Waals surface area contributed by atoms with E-state index < -0.39 is 0 Å². The van der Waals surface area contributed by atoms with E-state index in [-0.39, 0.29) is 0 Å². The van der Waals surface area contributed by atoms with Crippen molar-refractivity contribution >= 4 is 11.3 Å². The predicted octanol–water partition coefficient (Wildman–Crippen LogP) is 2.57. The van der Waals surface area contributed by atoms with Gasteiger partial charge in [0.05, 0.1) is 11.2 Å². The molecule has 5 heteroatoms. The van der Waals surface area contributed by atoms with E-state index in [9.17, 15) is 0 Å². The Morgan fingerprint density at radius 3 is 2.88 bits per heavy atom. The average Bonchev–Trinajstić information content (AvgIpc) is 2.86. The lowest BCUT2D eigenvalue weighted by molar-refractivity contribution is 0.373. The minimum absolute atomic E-state index is 0.733. The summed E-state index contributed by atoms with van der Waals surface area (Å²) in [6.45, 7) is 4.14. The molecule has 0 unspecified atom stereocenters. The zero-order valence-corrected chi connectivity index (χ0v) is 10.4. The third-order valence-electron chi connectivity index (χ3n) is 2.39. The van der Waals surface area contributed by atoms with Crippen LogP contribution in [-0.2, 0) is 19.3 Å². The fourth-order valence-electron chi connectivity index (χ4n) is 1.50. The van der Waals surface area contributed by atoms with Gasteiger partial charge >= 0.3 is 0 Å². The summed E-state index contributed by atoms with van der Waals surface area (Å²) < 4.78 is 5.18. The maximum Gasteiger partial charge on any atom is 0.227 e. The second kappa shape index (κ2) is 5.21. The van der Waals surface area contributed by atoms with E-state index in [1.54, 1.807) is 11.3 Å². The lowest BCUT2D eigenvalue weighted by Crippen LogP contribution is -1.92. The normalized spacial score (nSPS) is 10.9. The van der Waals surface area contributed by atoms with Crippen LogP contribution < -0.4 is 0 Å². The molecule has 2 heterocycles. The highest BCUT2D eigenvalue weighted by Crippen LogP contribution is 2.14. The zero-order valence-electron chi connectivity index (χ0n) is 9.56. The molecule has 0 amide bonds. The zero-order chi connectivity index (χ0) is 11.4. The van der Waals surface area contributed by atoms with Crippen molar-refractivity contribution in [2.75, 3.05) is 0 Å². The molecule has 0 radical (unpaired) electrons. The third kappa shape index (κ3) is 2.66. The van der Waals surface area contributed by atoms with Gasteiger partial charge in [0.1, 0.15) is 0 Å². The lowest BCUT2D eigenvalue weighted by atomic mass is 10.2. The van der Waals surface area contributed by atoms with Crippen LogP contribution in [0.15, 0.2) is 10.0 Å². The molecule has 0 atom stereocenters. The van der Waals surface area contributed by atoms with Crippen LogP contribution >= 0.6 is 11.3 Å². The highest BCUT2D eigenvalue weighted by molar-refractivity contribution is 7.09. The molecule has 0 saturated carbocycles. The quantitative estimate of drug-likeness (QED) is 0.802. The van der Waals surface area contributed by atoms with Crippen molar-refractivity contribution in [3.05, 3.63) is 27.8 Å². The standard InChI is InChI=1S/C11H15N3OS/c1-3-4-10-13-11(15-14-10)6-5-9-8(2)12-7-16-9/h7H,3-6H2,1-2H3. The van der Waals surface area contributed by atoms with E-state index in [1.165, 1.54) is 4.88 Å². The maximum absolute atomic E-state index is 5.18. The van der Waals surface area contributed by atoms with Crippen LogP contribution in [0.3, 0.4) is 0 Å². The van der Waals surface area contributed by atoms with Crippen molar-refractivity contribution in [1.82, 2.24) is 15.1 Å². The first-order valence-corrected chi connectivity index (χ1v) is 6.38. The number of thiazole rings is 1. The van der Waals surface area contributed by atoms with E-state index in [1.807, 2.05) is 12.4 Å². The summed E-state index contributed by atoms with van der Waals surface area (Å²) in [6, 6.07) is 0. The van der Waals surface area contributed by atoms with Gasteiger partial charge in [0.25, 0.3) is 0 Å². The van der Waals surface area contributed by atoms with Crippen molar-refractivity contribution in [3.8, 4) is 0 Å². The lowest BCUT2D eigenvalue weighted by Gasteiger charge is -1.93. The Balaban J connectivity index is 1.92. The minimum Gasteiger partial charge on any atom is -0.339 e. The third-order valence-corrected chi connectivity index (χ3v) is 3.39. The van der Waals surface area contributed by atoms with Gasteiger partial charge in [-0.1, -0.05) is 12.1 Å². The van der Waals surface area contributed by atoms with Crippen LogP contribution in [0.1, 0.15) is 35.6 Å². The second-order valence-corrected chi connectivity index (χ2v) is 4.65. The van der Waals surface area contributed by atoms with Crippen LogP contribution in [0.25, 0.3) is 0 Å². The second-order valence-electron chi connectivity index (χ2n) is 3.72. The molecule has 0 bridgehead atoms. The summed E-state index contributed by atoms with van der Waals surface area (Å²) in [7, 11) is 0. The topological polar surface area (TPSA) is 51.8 Å². The highest BCUT2D eigenvalue weighted by atomic mass is 32.1. The summed E-state index contributed by atoms with van der Waals surface area (Å²) in [5.41, 5.74) is 2.99. The van der Waals surface area contributed by atoms with Gasteiger partial charge in [-0.05, 0) is 19.8 Å². The first-order valence-electron chi connectivity index (χ1n) is 5.50. The van der Waals surface area contributed by atoms with Crippen molar-refractivity contribution < 1.29 is 4.52 Å². The fraction of sp³-hybridized carbons (Fsp3) is 0.545. The fourth-order valence-corrected chi connectivity index (χ4v) is 2.28. The van der Waals surface area contributed by atoms with Crippen LogP contribution in [0.4, 0.5) is 0 Å². The smallest absolute Gasteiger partial charge is 0.227 e. The van der Waals surface area contributed by atoms with Gasteiger partial charge in [0.15, 0.2) is 5.82 Å². The largest absolute Gasteiger partial charge is 0.339 e. The minimum atomic E-state index is 0.733. The van der Waals surface area contributed by atoms with Gasteiger partial charge < -0.3 is 4.52 Å². The van der Waals surface area contributed by atoms with E-state index in [2.05, 4.69) is 22.0 Å². The molecule has 0 saturated heterocycles. The molecule has 4 nitrogen and oxygen atoms in total. The number of hydrogen-bond donors (Lipinski definition) is 0. The molecule has 16 heavy (non-hydrogen) atoms. The van der Waals surface area contributed by atoms with Gasteiger partial charge in [-0.3, -0.25) is 0 Å². The Morgan fingerprint density at radius 1 is 1.31 bits per heavy atom. The summed E-state index contributed by atoms with van der Waals surface area (Å²) in [5, 5.41) is 3.93. The number of rotatable bonds is 5. The Labute approximate surface area is 98.7 Å². The maximum atomic E-state index is 5.18. The molecule has 0 aliphatic carbocycles. The van der Waals surface area contributed by atoms with Crippen molar-refractivity contribution in [2.24, 2.45) is 0 Å². The first kappa shape index (κ1) is 11.3. The van der Waals surface area contributed by atoms with Gasteiger partial charge in [0, 0.05) is 17.7 Å². The van der Waals surface area contributed by atoms with Gasteiger partial charge in [-0.2, -0.15) is 4.98 Å². The van der Waals surface area contributed by atoms with Crippen LogP contribution in [0.5, 0.6) is 0 Å². The molecule has 0 N–H and O–H groups in total. The summed E-state index contributed by atoms with van der Waals surface area (Å²) in [5.74, 6) is 1.55. The molecule has 0 aliphatic heterocycles. The molecule has 0 aliphatic rings. The molecule has 2 rings (SSSR count). The highest BCUT2D eigenvalue weighted by Gasteiger charge is 2.07. The Hall–Kier alpha value is -1.23. The monoisotopic (exact) mass is 237 g/mol. The predicted molar refractivity (Wildman–Crippen MR) is 62.6 cm³/mol. The SMILES string of the molecule is CCCc1noc(CCc2scnc2C)n1. The molecule has 2 aromatic rings. The van der Waals surface area contributed by atoms with Crippen molar-refractivity contribution in [1.29, 1.82) is 0 Å². The number of aryl methyl sites for hydroxylation is 4. The molecular weight excluding hydrogens is 222 g/mol.